The molecule has 0 aromatic carbocycles. The van der Waals surface area contributed by atoms with Crippen molar-refractivity contribution in [1.82, 2.24) is 10.0 Å². The summed E-state index contributed by atoms with van der Waals surface area (Å²) in [6.45, 7) is 6.18. The molecule has 7 heteroatoms. The minimum atomic E-state index is -3.40. The van der Waals surface area contributed by atoms with Crippen LogP contribution in [0.5, 0.6) is 0 Å². The third kappa shape index (κ3) is 4.33. The normalized spacial score (nSPS) is 11.9. The predicted octanol–water partition coefficient (Wildman–Crippen LogP) is 1.09. The summed E-state index contributed by atoms with van der Waals surface area (Å²) in [4.78, 5) is 1.06. The number of ether oxygens (including phenoxy) is 1. The van der Waals surface area contributed by atoms with Crippen molar-refractivity contribution in [3.63, 3.8) is 0 Å². The van der Waals surface area contributed by atoms with Gasteiger partial charge in [-0.05, 0) is 25.1 Å². The van der Waals surface area contributed by atoms with Crippen molar-refractivity contribution in [3.8, 4) is 0 Å². The highest BCUT2D eigenvalue weighted by Crippen LogP contribution is 2.25. The zero-order valence-corrected chi connectivity index (χ0v) is 12.6. The lowest BCUT2D eigenvalue weighted by molar-refractivity contribution is 0.204. The molecule has 104 valence electrons. The fraction of sp³-hybridized carbons (Fsp3) is 0.636. The number of hydrogen-bond acceptors (Lipinski definition) is 5. The topological polar surface area (TPSA) is 67.4 Å². The highest BCUT2D eigenvalue weighted by molar-refractivity contribution is 7.91. The summed E-state index contributed by atoms with van der Waals surface area (Å²) in [5, 5.41) is 3.20. The Hall–Kier alpha value is -0.470. The molecule has 0 unspecified atom stereocenters. The van der Waals surface area contributed by atoms with E-state index in [9.17, 15) is 8.42 Å². The Kier molecular flexibility index (Phi) is 6.24. The van der Waals surface area contributed by atoms with E-state index in [1.54, 1.807) is 6.07 Å². The minimum Gasteiger partial charge on any atom is -0.383 e. The van der Waals surface area contributed by atoms with Crippen LogP contribution in [0.4, 0.5) is 0 Å². The van der Waals surface area contributed by atoms with Crippen LogP contribution in [0.1, 0.15) is 17.4 Å². The molecule has 0 aliphatic carbocycles. The van der Waals surface area contributed by atoms with E-state index < -0.39 is 10.0 Å². The second kappa shape index (κ2) is 7.20. The van der Waals surface area contributed by atoms with Crippen LogP contribution in [0.2, 0.25) is 0 Å². The van der Waals surface area contributed by atoms with Gasteiger partial charge in [0, 0.05) is 25.1 Å². The van der Waals surface area contributed by atoms with Crippen molar-refractivity contribution in [2.45, 2.75) is 24.6 Å². The van der Waals surface area contributed by atoms with E-state index in [0.29, 0.717) is 23.9 Å². The van der Waals surface area contributed by atoms with Gasteiger partial charge in [0.05, 0.1) is 6.61 Å². The van der Waals surface area contributed by atoms with Gasteiger partial charge in [-0.3, -0.25) is 0 Å². The standard InChI is InChI=1S/C11H20N2O3S2/c1-4-12-8-10-9(2)7-11(17-10)18(14,15)13-5-6-16-3/h7,12-13H,4-6,8H2,1-3H3. The molecular formula is C11H20N2O3S2. The molecule has 1 aromatic heterocycles. The summed E-state index contributed by atoms with van der Waals surface area (Å²) in [5.74, 6) is 0. The van der Waals surface area contributed by atoms with Crippen LogP contribution in [0, 0.1) is 6.92 Å². The first kappa shape index (κ1) is 15.6. The first-order chi connectivity index (χ1) is 8.51. The molecule has 0 aliphatic heterocycles. The molecule has 0 radical (unpaired) electrons. The maximum atomic E-state index is 12.0. The van der Waals surface area contributed by atoms with Gasteiger partial charge in [0.2, 0.25) is 10.0 Å². The van der Waals surface area contributed by atoms with Crippen molar-refractivity contribution in [1.29, 1.82) is 0 Å². The second-order valence-corrected chi connectivity index (χ2v) is 6.97. The maximum absolute atomic E-state index is 12.0. The van der Waals surface area contributed by atoms with Crippen molar-refractivity contribution in [2.24, 2.45) is 0 Å². The minimum absolute atomic E-state index is 0.290. The molecule has 18 heavy (non-hydrogen) atoms. The number of thiophene rings is 1. The molecular weight excluding hydrogens is 272 g/mol. The molecule has 0 atom stereocenters. The van der Waals surface area contributed by atoms with E-state index in [0.717, 1.165) is 17.0 Å². The van der Waals surface area contributed by atoms with Gasteiger partial charge in [-0.1, -0.05) is 6.92 Å². The first-order valence-electron chi connectivity index (χ1n) is 5.80. The van der Waals surface area contributed by atoms with Gasteiger partial charge >= 0.3 is 0 Å². The lowest BCUT2D eigenvalue weighted by Gasteiger charge is -2.03. The molecule has 0 saturated carbocycles. The highest BCUT2D eigenvalue weighted by atomic mass is 32.2. The lowest BCUT2D eigenvalue weighted by atomic mass is 10.3. The van der Waals surface area contributed by atoms with Gasteiger partial charge in [-0.2, -0.15) is 0 Å². The lowest BCUT2D eigenvalue weighted by Crippen LogP contribution is -2.26. The molecule has 0 bridgehead atoms. The van der Waals surface area contributed by atoms with Crippen LogP contribution in [0.3, 0.4) is 0 Å². The molecule has 2 N–H and O–H groups in total. The fourth-order valence-electron chi connectivity index (χ4n) is 1.38. The van der Waals surface area contributed by atoms with Crippen LogP contribution >= 0.6 is 11.3 Å². The molecule has 5 nitrogen and oxygen atoms in total. The second-order valence-electron chi connectivity index (χ2n) is 3.84. The van der Waals surface area contributed by atoms with Crippen molar-refractivity contribution >= 4 is 21.4 Å². The molecule has 0 fully saturated rings. The van der Waals surface area contributed by atoms with Gasteiger partial charge in [-0.15, -0.1) is 11.3 Å². The summed E-state index contributed by atoms with van der Waals surface area (Å²) >= 11 is 1.31. The molecule has 0 spiro atoms. The van der Waals surface area contributed by atoms with E-state index in [4.69, 9.17) is 4.74 Å². The Bertz CT molecular complexity index is 469. The van der Waals surface area contributed by atoms with Gasteiger partial charge in [0.1, 0.15) is 4.21 Å². The van der Waals surface area contributed by atoms with E-state index in [2.05, 4.69) is 10.0 Å². The number of sulfonamides is 1. The van der Waals surface area contributed by atoms with Crippen LogP contribution in [0.25, 0.3) is 0 Å². The van der Waals surface area contributed by atoms with E-state index >= 15 is 0 Å². The molecule has 1 aromatic rings. The molecule has 1 rings (SSSR count). The Balaban J connectivity index is 2.76. The van der Waals surface area contributed by atoms with Crippen LogP contribution in [-0.2, 0) is 21.3 Å². The largest absolute Gasteiger partial charge is 0.383 e. The Morgan fingerprint density at radius 1 is 1.44 bits per heavy atom. The number of rotatable bonds is 8. The zero-order valence-electron chi connectivity index (χ0n) is 10.9. The summed E-state index contributed by atoms with van der Waals surface area (Å²) < 4.78 is 31.6. The van der Waals surface area contributed by atoms with Gasteiger partial charge in [-0.25, -0.2) is 13.1 Å². The molecule has 1 heterocycles. The van der Waals surface area contributed by atoms with Gasteiger partial charge in [0.25, 0.3) is 0 Å². The average molecular weight is 292 g/mol. The zero-order chi connectivity index (χ0) is 13.6. The Labute approximate surface area is 113 Å². The van der Waals surface area contributed by atoms with E-state index in [1.165, 1.54) is 18.4 Å². The predicted molar refractivity (Wildman–Crippen MR) is 73.5 cm³/mol. The van der Waals surface area contributed by atoms with Gasteiger partial charge in [0.15, 0.2) is 0 Å². The number of aryl methyl sites for hydroxylation is 1. The summed E-state index contributed by atoms with van der Waals surface area (Å²) in [6, 6.07) is 1.71. The van der Waals surface area contributed by atoms with Crippen LogP contribution < -0.4 is 10.0 Å². The summed E-state index contributed by atoms with van der Waals surface area (Å²) in [6.07, 6.45) is 0. The fourth-order valence-corrected chi connectivity index (χ4v) is 4.00. The average Bonchev–Trinajstić information content (AvgIpc) is 2.69. The van der Waals surface area contributed by atoms with Crippen molar-refractivity contribution in [3.05, 3.63) is 16.5 Å². The highest BCUT2D eigenvalue weighted by Gasteiger charge is 2.18. The van der Waals surface area contributed by atoms with E-state index in [1.807, 2.05) is 13.8 Å². The Morgan fingerprint density at radius 3 is 2.78 bits per heavy atom. The summed E-state index contributed by atoms with van der Waals surface area (Å²) in [5.41, 5.74) is 1.01. The molecule has 0 aliphatic rings. The Morgan fingerprint density at radius 2 is 2.17 bits per heavy atom. The molecule has 0 amide bonds. The SMILES string of the molecule is CCNCc1sc(S(=O)(=O)NCCOC)cc1C. The van der Waals surface area contributed by atoms with Crippen LogP contribution in [-0.4, -0.2) is 35.2 Å². The number of methoxy groups -OCH3 is 1. The summed E-state index contributed by atoms with van der Waals surface area (Å²) in [7, 11) is -1.86. The quantitative estimate of drug-likeness (QED) is 0.704. The number of nitrogens with one attached hydrogen (secondary N) is 2. The first-order valence-corrected chi connectivity index (χ1v) is 8.10. The van der Waals surface area contributed by atoms with Crippen molar-refractivity contribution in [2.75, 3.05) is 26.8 Å². The molecule has 0 saturated heterocycles. The van der Waals surface area contributed by atoms with Crippen molar-refractivity contribution < 1.29 is 13.2 Å². The van der Waals surface area contributed by atoms with Gasteiger partial charge < -0.3 is 10.1 Å². The monoisotopic (exact) mass is 292 g/mol. The maximum Gasteiger partial charge on any atom is 0.250 e. The smallest absolute Gasteiger partial charge is 0.250 e. The third-order valence-corrected chi connectivity index (χ3v) is 5.57. The van der Waals surface area contributed by atoms with E-state index in [-0.39, 0.29) is 0 Å². The third-order valence-electron chi connectivity index (χ3n) is 2.40. The van der Waals surface area contributed by atoms with Crippen LogP contribution in [0.15, 0.2) is 10.3 Å². The number of hydrogen-bond donors (Lipinski definition) is 2.